The summed E-state index contributed by atoms with van der Waals surface area (Å²) in [6.45, 7) is 0. The molecular weight excluding hydrogens is 258 g/mol. The van der Waals surface area contributed by atoms with E-state index in [1.807, 2.05) is 36.5 Å². The zero-order valence-corrected chi connectivity index (χ0v) is 11.3. The Kier molecular flexibility index (Phi) is 2.57. The van der Waals surface area contributed by atoms with Crippen molar-refractivity contribution in [1.29, 1.82) is 0 Å². The third-order valence-corrected chi connectivity index (χ3v) is 3.70. The van der Waals surface area contributed by atoms with Gasteiger partial charge in [0, 0.05) is 22.4 Å². The second-order valence-electron chi connectivity index (χ2n) is 5.02. The second-order valence-corrected chi connectivity index (χ2v) is 5.02. The average Bonchev–Trinajstić information content (AvgIpc) is 2.53. The van der Waals surface area contributed by atoms with E-state index in [1.54, 1.807) is 6.20 Å². The van der Waals surface area contributed by atoms with Crippen LogP contribution in [0.5, 0.6) is 0 Å². The Labute approximate surface area is 121 Å². The molecule has 0 aliphatic rings. The largest absolute Gasteiger partial charge is 0.397 e. The van der Waals surface area contributed by atoms with Crippen molar-refractivity contribution in [3.63, 3.8) is 0 Å². The first-order chi connectivity index (χ1) is 10.3. The molecule has 0 amide bonds. The van der Waals surface area contributed by atoms with Gasteiger partial charge in [-0.25, -0.2) is 0 Å². The maximum Gasteiger partial charge on any atom is 0.0710 e. The van der Waals surface area contributed by atoms with Gasteiger partial charge in [0.15, 0.2) is 0 Å². The lowest BCUT2D eigenvalue weighted by atomic mass is 9.97. The maximum absolute atomic E-state index is 5.73. The minimum absolute atomic E-state index is 0.797. The van der Waals surface area contributed by atoms with Crippen LogP contribution in [0.25, 0.3) is 32.6 Å². The number of rotatable bonds is 0. The predicted molar refractivity (Wildman–Crippen MR) is 87.8 cm³/mol. The van der Waals surface area contributed by atoms with Crippen molar-refractivity contribution in [2.75, 3.05) is 5.73 Å². The van der Waals surface area contributed by atoms with E-state index in [1.165, 1.54) is 21.5 Å². The molecule has 4 bridgehead atoms. The average molecular weight is 271 g/mol. The Bertz CT molecular complexity index is 936. The molecule has 4 aromatic carbocycles. The van der Waals surface area contributed by atoms with E-state index in [2.05, 4.69) is 34.2 Å². The molecule has 0 unspecified atom stereocenters. The van der Waals surface area contributed by atoms with Crippen LogP contribution in [0.3, 0.4) is 0 Å². The predicted octanol–water partition coefficient (Wildman–Crippen LogP) is 4.08. The Hall–Kier alpha value is -2.94. The molecule has 0 spiro atoms. The molecular formula is C18H13N3. The van der Waals surface area contributed by atoms with E-state index in [9.17, 15) is 0 Å². The van der Waals surface area contributed by atoms with Crippen molar-refractivity contribution >= 4 is 38.3 Å². The highest BCUT2D eigenvalue weighted by atomic mass is 14.7. The fraction of sp³-hybridized carbons (Fsp3) is 0. The first-order valence-electron chi connectivity index (χ1n) is 6.81. The number of nitrogens with two attached hydrogens (primary N) is 1. The maximum atomic E-state index is 5.73. The van der Waals surface area contributed by atoms with Crippen molar-refractivity contribution in [1.82, 2.24) is 9.97 Å². The van der Waals surface area contributed by atoms with Crippen molar-refractivity contribution in [3.8, 4) is 0 Å². The highest BCUT2D eigenvalue weighted by Gasteiger charge is 2.10. The number of hydrogen-bond donors (Lipinski definition) is 1. The molecule has 21 heavy (non-hydrogen) atoms. The van der Waals surface area contributed by atoms with E-state index in [0.717, 1.165) is 16.7 Å². The van der Waals surface area contributed by atoms with Gasteiger partial charge in [0.05, 0.1) is 22.9 Å². The number of nitrogens with zero attached hydrogens (tertiary/aromatic N) is 2. The summed E-state index contributed by atoms with van der Waals surface area (Å²) < 4.78 is 0. The topological polar surface area (TPSA) is 51.8 Å². The zero-order valence-electron chi connectivity index (χ0n) is 11.3. The van der Waals surface area contributed by atoms with E-state index in [0.29, 0.717) is 0 Å². The van der Waals surface area contributed by atoms with Gasteiger partial charge >= 0.3 is 0 Å². The Morgan fingerprint density at radius 1 is 0.762 bits per heavy atom. The molecule has 0 saturated heterocycles. The lowest BCUT2D eigenvalue weighted by Crippen LogP contribution is -1.94. The molecule has 3 heteroatoms. The normalized spacial score (nSPS) is 11.0. The van der Waals surface area contributed by atoms with Crippen molar-refractivity contribution in [3.05, 3.63) is 67.0 Å². The summed E-state index contributed by atoms with van der Waals surface area (Å²) in [5, 5.41) is 4.84. The fourth-order valence-corrected chi connectivity index (χ4v) is 2.62. The molecule has 0 atom stereocenters. The van der Waals surface area contributed by atoms with E-state index in [-0.39, 0.29) is 0 Å². The third kappa shape index (κ3) is 1.91. The lowest BCUT2D eigenvalue weighted by Gasteiger charge is -2.11. The van der Waals surface area contributed by atoms with E-state index < -0.39 is 0 Å². The second kappa shape index (κ2) is 4.56. The summed E-state index contributed by atoms with van der Waals surface area (Å²) >= 11 is 0. The Morgan fingerprint density at radius 2 is 1.62 bits per heavy atom. The quantitative estimate of drug-likeness (QED) is 0.461. The van der Waals surface area contributed by atoms with Crippen LogP contribution < -0.4 is 5.73 Å². The van der Waals surface area contributed by atoms with Crippen LogP contribution in [0.2, 0.25) is 0 Å². The van der Waals surface area contributed by atoms with Crippen LogP contribution in [-0.2, 0) is 0 Å². The molecule has 2 N–H and O–H groups in total. The van der Waals surface area contributed by atoms with Gasteiger partial charge in [0.2, 0.25) is 0 Å². The van der Waals surface area contributed by atoms with Gasteiger partial charge in [-0.05, 0) is 29.7 Å². The summed E-state index contributed by atoms with van der Waals surface area (Å²) in [5.74, 6) is 0. The monoisotopic (exact) mass is 271 g/mol. The molecule has 6 aromatic rings. The SMILES string of the molecule is Nc1cnc2ccc3cc2c13.c1ccc2ncccc2c1. The number of fused-ring (bicyclic) bond motifs is 2. The molecule has 6 rings (SSSR count). The van der Waals surface area contributed by atoms with Crippen LogP contribution in [0.4, 0.5) is 5.69 Å². The first kappa shape index (κ1) is 11.9. The molecule has 0 radical (unpaired) electrons. The van der Waals surface area contributed by atoms with Gasteiger partial charge in [-0.15, -0.1) is 0 Å². The molecule has 2 heterocycles. The third-order valence-electron chi connectivity index (χ3n) is 3.70. The molecule has 0 saturated carbocycles. The Morgan fingerprint density at radius 3 is 2.43 bits per heavy atom. The fourth-order valence-electron chi connectivity index (χ4n) is 2.62. The summed E-state index contributed by atoms with van der Waals surface area (Å²) in [6, 6.07) is 18.3. The molecule has 100 valence electrons. The number of hydrogen-bond acceptors (Lipinski definition) is 3. The number of nitrogen functional groups attached to an aromatic ring is 1. The van der Waals surface area contributed by atoms with Crippen molar-refractivity contribution < 1.29 is 0 Å². The van der Waals surface area contributed by atoms with Gasteiger partial charge in [-0.2, -0.15) is 0 Å². The van der Waals surface area contributed by atoms with Gasteiger partial charge in [-0.3, -0.25) is 9.97 Å². The number of aromatic nitrogens is 2. The molecule has 0 aliphatic heterocycles. The van der Waals surface area contributed by atoms with Gasteiger partial charge in [0.1, 0.15) is 0 Å². The molecule has 0 aliphatic carbocycles. The number of benzene rings is 3. The summed E-state index contributed by atoms with van der Waals surface area (Å²) in [4.78, 5) is 8.37. The molecule has 2 aromatic heterocycles. The van der Waals surface area contributed by atoms with Crippen molar-refractivity contribution in [2.24, 2.45) is 0 Å². The summed E-state index contributed by atoms with van der Waals surface area (Å²) in [5.41, 5.74) is 8.63. The molecule has 3 nitrogen and oxygen atoms in total. The van der Waals surface area contributed by atoms with E-state index in [4.69, 9.17) is 5.73 Å². The molecule has 0 fully saturated rings. The number of pyridine rings is 2. The lowest BCUT2D eigenvalue weighted by molar-refractivity contribution is 1.41. The summed E-state index contributed by atoms with van der Waals surface area (Å²) in [7, 11) is 0. The van der Waals surface area contributed by atoms with Crippen LogP contribution >= 0.6 is 0 Å². The van der Waals surface area contributed by atoms with Gasteiger partial charge in [-0.1, -0.05) is 30.3 Å². The van der Waals surface area contributed by atoms with Gasteiger partial charge < -0.3 is 5.73 Å². The highest BCUT2D eigenvalue weighted by Crippen LogP contribution is 2.35. The van der Waals surface area contributed by atoms with Gasteiger partial charge in [0.25, 0.3) is 0 Å². The van der Waals surface area contributed by atoms with Crippen LogP contribution in [0.1, 0.15) is 0 Å². The standard InChI is InChI=1S/C9H6N2.C9H7N/c10-7-4-11-8-2-1-5-3-6(8)9(5)7;1-2-6-9-8(4-1)5-3-7-10-9/h1-4H,10H2;1-7H. The smallest absolute Gasteiger partial charge is 0.0710 e. The number of anilines is 1. The number of para-hydroxylation sites is 1. The van der Waals surface area contributed by atoms with Crippen LogP contribution in [-0.4, -0.2) is 9.97 Å². The van der Waals surface area contributed by atoms with Crippen LogP contribution in [0, 0.1) is 0 Å². The highest BCUT2D eigenvalue weighted by molar-refractivity contribution is 6.20. The summed E-state index contributed by atoms with van der Waals surface area (Å²) in [6.07, 6.45) is 3.53. The van der Waals surface area contributed by atoms with E-state index >= 15 is 0 Å². The minimum Gasteiger partial charge on any atom is -0.397 e. The minimum atomic E-state index is 0.797. The Balaban J connectivity index is 0.000000110. The zero-order chi connectivity index (χ0) is 14.2. The van der Waals surface area contributed by atoms with Crippen LogP contribution in [0.15, 0.2) is 67.0 Å². The van der Waals surface area contributed by atoms with Crippen molar-refractivity contribution in [2.45, 2.75) is 0 Å². The first-order valence-corrected chi connectivity index (χ1v) is 6.81.